The van der Waals surface area contributed by atoms with Crippen LogP contribution in [0.5, 0.6) is 11.5 Å². The largest absolute Gasteiger partial charge is 0.495 e. The Morgan fingerprint density at radius 2 is 1.72 bits per heavy atom. The molecule has 39 heavy (non-hydrogen) atoms. The number of hydrogen-bond acceptors (Lipinski definition) is 8. The lowest BCUT2D eigenvalue weighted by atomic mass is 10.0. The lowest BCUT2D eigenvalue weighted by Gasteiger charge is -2.29. The highest BCUT2D eigenvalue weighted by Crippen LogP contribution is 2.40. The smallest absolute Gasteiger partial charge is 0.260 e. The maximum Gasteiger partial charge on any atom is 0.260 e. The predicted molar refractivity (Wildman–Crippen MR) is 151 cm³/mol. The Balaban J connectivity index is 1.49. The van der Waals surface area contributed by atoms with Gasteiger partial charge >= 0.3 is 0 Å². The SMILES string of the molecule is COc1ccc(OC)c2sc(N(Cc3ccccn3)C(=O)c3ccc(S(=O)(=O)N4CCC(C)CC4)cc3)nc12. The zero-order valence-electron chi connectivity index (χ0n) is 22.0. The number of methoxy groups -OCH3 is 2. The van der Waals surface area contributed by atoms with Gasteiger partial charge in [0.25, 0.3) is 5.91 Å². The first-order chi connectivity index (χ1) is 18.8. The molecule has 0 atom stereocenters. The number of pyridine rings is 1. The monoisotopic (exact) mass is 566 g/mol. The molecule has 204 valence electrons. The van der Waals surface area contributed by atoms with E-state index in [0.717, 1.165) is 17.5 Å². The van der Waals surface area contributed by atoms with Crippen LogP contribution in [-0.2, 0) is 16.6 Å². The molecule has 0 aliphatic carbocycles. The Bertz CT molecular complexity index is 1520. The van der Waals surface area contributed by atoms with Gasteiger partial charge in [0.1, 0.15) is 21.7 Å². The lowest BCUT2D eigenvalue weighted by Crippen LogP contribution is -2.37. The third-order valence-corrected chi connectivity index (χ3v) is 9.91. The number of ether oxygens (including phenoxy) is 2. The van der Waals surface area contributed by atoms with Crippen molar-refractivity contribution in [2.45, 2.75) is 31.2 Å². The molecule has 1 aliphatic heterocycles. The third-order valence-electron chi connectivity index (χ3n) is 6.90. The number of thiazole rings is 1. The van der Waals surface area contributed by atoms with Crippen molar-refractivity contribution in [2.24, 2.45) is 5.92 Å². The van der Waals surface area contributed by atoms with E-state index in [4.69, 9.17) is 14.5 Å². The quantitative estimate of drug-likeness (QED) is 0.297. The standard InChI is InChI=1S/C28H30N4O5S2/c1-19-13-16-31(17-14-19)39(34,35)22-9-7-20(8-10-22)27(33)32(18-21-6-4-5-15-29-21)28-30-25-23(36-2)11-12-24(37-3)26(25)38-28/h4-12,15,19H,13-14,16-18H2,1-3H3. The van der Waals surface area contributed by atoms with Crippen LogP contribution in [0.3, 0.4) is 0 Å². The van der Waals surface area contributed by atoms with Gasteiger partial charge in [0, 0.05) is 24.8 Å². The average Bonchev–Trinajstić information content (AvgIpc) is 3.41. The van der Waals surface area contributed by atoms with Crippen LogP contribution in [0.15, 0.2) is 65.7 Å². The number of carbonyl (C=O) groups excluding carboxylic acids is 1. The molecule has 0 unspecified atom stereocenters. The van der Waals surface area contributed by atoms with Crippen LogP contribution in [0.4, 0.5) is 5.13 Å². The minimum atomic E-state index is -3.62. The summed E-state index contributed by atoms with van der Waals surface area (Å²) in [5.74, 6) is 1.39. The molecule has 0 N–H and O–H groups in total. The van der Waals surface area contributed by atoms with Gasteiger partial charge in [-0.3, -0.25) is 14.7 Å². The van der Waals surface area contributed by atoms with Crippen molar-refractivity contribution in [3.63, 3.8) is 0 Å². The van der Waals surface area contributed by atoms with Gasteiger partial charge in [0.15, 0.2) is 5.13 Å². The Morgan fingerprint density at radius 3 is 2.36 bits per heavy atom. The maximum atomic E-state index is 13.9. The van der Waals surface area contributed by atoms with Crippen molar-refractivity contribution in [2.75, 3.05) is 32.2 Å². The molecule has 0 saturated carbocycles. The van der Waals surface area contributed by atoms with E-state index in [1.54, 1.807) is 49.6 Å². The Hall–Kier alpha value is -3.54. The highest BCUT2D eigenvalue weighted by molar-refractivity contribution is 7.89. The van der Waals surface area contributed by atoms with E-state index in [2.05, 4.69) is 11.9 Å². The molecule has 0 bridgehead atoms. The molecule has 1 fully saturated rings. The maximum absolute atomic E-state index is 13.9. The number of nitrogens with zero attached hydrogens (tertiary/aromatic N) is 4. The van der Waals surface area contributed by atoms with E-state index in [1.807, 2.05) is 18.2 Å². The van der Waals surface area contributed by atoms with Crippen molar-refractivity contribution < 1.29 is 22.7 Å². The van der Waals surface area contributed by atoms with Crippen LogP contribution in [0.1, 0.15) is 35.8 Å². The van der Waals surface area contributed by atoms with Crippen LogP contribution in [-0.4, -0.2) is 55.9 Å². The number of piperidine rings is 1. The summed E-state index contributed by atoms with van der Waals surface area (Å²) in [7, 11) is -0.474. The summed E-state index contributed by atoms with van der Waals surface area (Å²) in [6, 6.07) is 15.2. The van der Waals surface area contributed by atoms with Crippen LogP contribution in [0.25, 0.3) is 10.2 Å². The minimum absolute atomic E-state index is 0.177. The number of anilines is 1. The van der Waals surface area contributed by atoms with Crippen molar-refractivity contribution in [3.05, 3.63) is 72.1 Å². The van der Waals surface area contributed by atoms with Crippen molar-refractivity contribution in [1.82, 2.24) is 14.3 Å². The fourth-order valence-electron chi connectivity index (χ4n) is 4.57. The first kappa shape index (κ1) is 27.0. The van der Waals surface area contributed by atoms with Gasteiger partial charge in [-0.05, 0) is 67.3 Å². The third kappa shape index (κ3) is 5.47. The number of carbonyl (C=O) groups is 1. The van der Waals surface area contributed by atoms with E-state index in [1.165, 1.54) is 27.8 Å². The molecule has 2 aromatic carbocycles. The first-order valence-corrected chi connectivity index (χ1v) is 14.9. The number of rotatable bonds is 8. The van der Waals surface area contributed by atoms with Gasteiger partial charge in [-0.1, -0.05) is 24.3 Å². The van der Waals surface area contributed by atoms with Crippen LogP contribution in [0.2, 0.25) is 0 Å². The summed E-state index contributed by atoms with van der Waals surface area (Å²) in [6.45, 7) is 3.33. The second kappa shape index (κ2) is 11.3. The van der Waals surface area contributed by atoms with E-state index in [0.29, 0.717) is 52.4 Å². The summed E-state index contributed by atoms with van der Waals surface area (Å²) in [4.78, 5) is 24.7. The molecule has 1 amide bonds. The van der Waals surface area contributed by atoms with Crippen LogP contribution < -0.4 is 14.4 Å². The molecule has 1 aliphatic rings. The minimum Gasteiger partial charge on any atom is -0.495 e. The Kier molecular flexibility index (Phi) is 7.83. The zero-order chi connectivity index (χ0) is 27.6. The van der Waals surface area contributed by atoms with Gasteiger partial charge in [0.05, 0.1) is 31.4 Å². The second-order valence-electron chi connectivity index (χ2n) is 9.47. The number of aromatic nitrogens is 2. The molecular formula is C28H30N4O5S2. The van der Waals surface area contributed by atoms with E-state index in [9.17, 15) is 13.2 Å². The fraction of sp³-hybridized carbons (Fsp3) is 0.321. The highest BCUT2D eigenvalue weighted by atomic mass is 32.2. The molecular weight excluding hydrogens is 536 g/mol. The molecule has 5 rings (SSSR count). The summed E-state index contributed by atoms with van der Waals surface area (Å²) in [5.41, 5.74) is 1.62. The summed E-state index contributed by atoms with van der Waals surface area (Å²) < 4.78 is 39.7. The molecule has 0 radical (unpaired) electrons. The number of fused-ring (bicyclic) bond motifs is 1. The number of amides is 1. The van der Waals surface area contributed by atoms with Crippen LogP contribution >= 0.6 is 11.3 Å². The Labute approximate surface area is 232 Å². The Morgan fingerprint density at radius 1 is 1.03 bits per heavy atom. The molecule has 0 spiro atoms. The van der Waals surface area contributed by atoms with Crippen molar-refractivity contribution in [1.29, 1.82) is 0 Å². The average molecular weight is 567 g/mol. The van der Waals surface area contributed by atoms with E-state index in [-0.39, 0.29) is 17.3 Å². The number of sulfonamides is 1. The van der Waals surface area contributed by atoms with E-state index < -0.39 is 10.0 Å². The van der Waals surface area contributed by atoms with Crippen molar-refractivity contribution >= 4 is 42.6 Å². The molecule has 11 heteroatoms. The first-order valence-electron chi connectivity index (χ1n) is 12.7. The molecule has 9 nitrogen and oxygen atoms in total. The van der Waals surface area contributed by atoms with Gasteiger partial charge in [-0.15, -0.1) is 0 Å². The summed E-state index contributed by atoms with van der Waals surface area (Å²) >= 11 is 1.31. The normalized spacial score (nSPS) is 14.8. The van der Waals surface area contributed by atoms with Gasteiger partial charge in [-0.2, -0.15) is 4.31 Å². The number of hydrogen-bond donors (Lipinski definition) is 0. The topological polar surface area (TPSA) is 102 Å². The fourth-order valence-corrected chi connectivity index (χ4v) is 7.11. The highest BCUT2D eigenvalue weighted by Gasteiger charge is 2.29. The lowest BCUT2D eigenvalue weighted by molar-refractivity contribution is 0.0984. The van der Waals surface area contributed by atoms with Crippen LogP contribution in [0, 0.1) is 5.92 Å². The van der Waals surface area contributed by atoms with Gasteiger partial charge < -0.3 is 9.47 Å². The summed E-state index contributed by atoms with van der Waals surface area (Å²) in [6.07, 6.45) is 3.36. The van der Waals surface area contributed by atoms with Crippen molar-refractivity contribution in [3.8, 4) is 11.5 Å². The molecule has 4 aromatic rings. The van der Waals surface area contributed by atoms with Gasteiger partial charge in [0.2, 0.25) is 10.0 Å². The van der Waals surface area contributed by atoms with Gasteiger partial charge in [-0.25, -0.2) is 13.4 Å². The predicted octanol–water partition coefficient (Wildman–Crippen LogP) is 4.98. The zero-order valence-corrected chi connectivity index (χ0v) is 23.7. The number of benzene rings is 2. The summed E-state index contributed by atoms with van der Waals surface area (Å²) in [5, 5.41) is 0.447. The second-order valence-corrected chi connectivity index (χ2v) is 12.4. The molecule has 1 saturated heterocycles. The molecule has 3 heterocycles. The molecule has 2 aromatic heterocycles. The van der Waals surface area contributed by atoms with E-state index >= 15 is 0 Å².